The number of nitrogens with zero attached hydrogens (tertiary/aromatic N) is 1. The van der Waals surface area contributed by atoms with E-state index in [0.29, 0.717) is 18.7 Å². The Morgan fingerprint density at radius 2 is 1.59 bits per heavy atom. The van der Waals surface area contributed by atoms with Gasteiger partial charge in [-0.05, 0) is 48.6 Å². The molecule has 0 saturated carbocycles. The topological polar surface area (TPSA) is 110 Å². The SMILES string of the molecule is CC1CC(C)CN(S(=O)(=O)c2cccc(C(=O)OCC(=O)NC(=O)c3ccccc3)c2)C1. The first kappa shape index (κ1) is 23.6. The van der Waals surface area contributed by atoms with Gasteiger partial charge in [0, 0.05) is 18.7 Å². The number of carbonyl (C=O) groups is 3. The average molecular weight is 459 g/mol. The maximum absolute atomic E-state index is 13.0. The van der Waals surface area contributed by atoms with Gasteiger partial charge >= 0.3 is 5.97 Å². The number of hydrogen-bond acceptors (Lipinski definition) is 6. The normalized spacial score (nSPS) is 19.2. The molecule has 9 heteroatoms. The third kappa shape index (κ3) is 5.80. The summed E-state index contributed by atoms with van der Waals surface area (Å²) in [5.74, 6) is -1.75. The van der Waals surface area contributed by atoms with Crippen LogP contribution in [0.2, 0.25) is 0 Å². The van der Waals surface area contributed by atoms with E-state index in [4.69, 9.17) is 4.74 Å². The third-order valence-corrected chi connectivity index (χ3v) is 6.99. The summed E-state index contributed by atoms with van der Waals surface area (Å²) < 4.78 is 32.5. The van der Waals surface area contributed by atoms with Crippen LogP contribution in [0.4, 0.5) is 0 Å². The van der Waals surface area contributed by atoms with Crippen LogP contribution in [-0.4, -0.2) is 50.2 Å². The summed E-state index contributed by atoms with van der Waals surface area (Å²) in [6.45, 7) is 4.21. The van der Waals surface area contributed by atoms with Crippen LogP contribution in [0, 0.1) is 11.8 Å². The minimum atomic E-state index is -3.76. The van der Waals surface area contributed by atoms with Crippen LogP contribution in [-0.2, 0) is 19.6 Å². The molecule has 1 N–H and O–H groups in total. The Labute approximate surface area is 187 Å². The zero-order valence-electron chi connectivity index (χ0n) is 18.0. The highest BCUT2D eigenvalue weighted by atomic mass is 32.2. The number of rotatable bonds is 6. The van der Waals surface area contributed by atoms with Crippen molar-refractivity contribution in [1.82, 2.24) is 9.62 Å². The van der Waals surface area contributed by atoms with Gasteiger partial charge in [-0.2, -0.15) is 4.31 Å². The summed E-state index contributed by atoms with van der Waals surface area (Å²) in [5, 5.41) is 2.13. The molecule has 3 rings (SSSR count). The third-order valence-electron chi connectivity index (χ3n) is 5.17. The fourth-order valence-corrected chi connectivity index (χ4v) is 5.50. The van der Waals surface area contributed by atoms with E-state index in [9.17, 15) is 22.8 Å². The minimum absolute atomic E-state index is 0.00282. The van der Waals surface area contributed by atoms with Crippen molar-refractivity contribution in [1.29, 1.82) is 0 Å². The van der Waals surface area contributed by atoms with E-state index in [1.807, 2.05) is 13.8 Å². The Hall–Kier alpha value is -3.04. The molecule has 0 aromatic heterocycles. The molecule has 8 nitrogen and oxygen atoms in total. The fourth-order valence-electron chi connectivity index (χ4n) is 3.77. The van der Waals surface area contributed by atoms with Crippen molar-refractivity contribution in [2.75, 3.05) is 19.7 Å². The van der Waals surface area contributed by atoms with Gasteiger partial charge in [-0.15, -0.1) is 0 Å². The molecule has 170 valence electrons. The molecule has 2 atom stereocenters. The van der Waals surface area contributed by atoms with Gasteiger partial charge in [-0.3, -0.25) is 14.9 Å². The van der Waals surface area contributed by atoms with Crippen LogP contribution in [0.1, 0.15) is 41.0 Å². The van der Waals surface area contributed by atoms with E-state index in [1.165, 1.54) is 28.6 Å². The second kappa shape index (κ2) is 10.1. The smallest absolute Gasteiger partial charge is 0.338 e. The molecular formula is C23H26N2O6S. The zero-order valence-corrected chi connectivity index (χ0v) is 18.8. The van der Waals surface area contributed by atoms with Crippen LogP contribution in [0.5, 0.6) is 0 Å². The number of imide groups is 1. The molecule has 0 aliphatic carbocycles. The maximum Gasteiger partial charge on any atom is 0.338 e. The summed E-state index contributed by atoms with van der Waals surface area (Å²) in [6, 6.07) is 13.7. The molecule has 1 saturated heterocycles. The molecule has 0 radical (unpaired) electrons. The van der Waals surface area contributed by atoms with Gasteiger partial charge in [-0.1, -0.05) is 38.1 Å². The number of hydrogen-bond donors (Lipinski definition) is 1. The molecule has 2 aromatic carbocycles. The lowest BCUT2D eigenvalue weighted by Gasteiger charge is -2.34. The van der Waals surface area contributed by atoms with E-state index in [0.717, 1.165) is 6.42 Å². The molecule has 1 heterocycles. The standard InChI is InChI=1S/C23H26N2O6S/c1-16-11-17(2)14-25(13-16)32(29,30)20-10-6-9-19(12-20)23(28)31-15-21(26)24-22(27)18-7-4-3-5-8-18/h3-10,12,16-17H,11,13-15H2,1-2H3,(H,24,26,27). The first-order valence-electron chi connectivity index (χ1n) is 10.3. The van der Waals surface area contributed by atoms with Crippen molar-refractivity contribution in [3.8, 4) is 0 Å². The van der Waals surface area contributed by atoms with Gasteiger partial charge in [-0.25, -0.2) is 13.2 Å². The number of nitrogens with one attached hydrogen (secondary N) is 1. The molecule has 0 bridgehead atoms. The Morgan fingerprint density at radius 1 is 0.969 bits per heavy atom. The highest BCUT2D eigenvalue weighted by Crippen LogP contribution is 2.27. The van der Waals surface area contributed by atoms with Crippen molar-refractivity contribution >= 4 is 27.8 Å². The van der Waals surface area contributed by atoms with Crippen molar-refractivity contribution in [2.45, 2.75) is 25.2 Å². The highest BCUT2D eigenvalue weighted by Gasteiger charge is 2.32. The molecule has 0 spiro atoms. The monoisotopic (exact) mass is 458 g/mol. The quantitative estimate of drug-likeness (QED) is 0.666. The average Bonchev–Trinajstić information content (AvgIpc) is 2.77. The number of amides is 2. The van der Waals surface area contributed by atoms with Gasteiger partial charge in [0.25, 0.3) is 11.8 Å². The number of carbonyl (C=O) groups excluding carboxylic acids is 3. The minimum Gasteiger partial charge on any atom is -0.452 e. The first-order valence-corrected chi connectivity index (χ1v) is 11.8. The van der Waals surface area contributed by atoms with Gasteiger partial charge in [0.15, 0.2) is 6.61 Å². The number of sulfonamides is 1. The Kier molecular flexibility index (Phi) is 7.42. The maximum atomic E-state index is 13.0. The van der Waals surface area contributed by atoms with Crippen LogP contribution in [0.25, 0.3) is 0 Å². The molecule has 2 amide bonds. The first-order chi connectivity index (χ1) is 15.2. The van der Waals surface area contributed by atoms with Gasteiger partial charge < -0.3 is 4.74 Å². The molecule has 2 unspecified atom stereocenters. The molecular weight excluding hydrogens is 432 g/mol. The summed E-state index contributed by atoms with van der Waals surface area (Å²) in [5.41, 5.74) is 0.304. The lowest BCUT2D eigenvalue weighted by molar-refractivity contribution is -0.123. The predicted molar refractivity (Wildman–Crippen MR) is 117 cm³/mol. The molecule has 2 aromatic rings. The van der Waals surface area contributed by atoms with Crippen molar-refractivity contribution in [3.63, 3.8) is 0 Å². The lowest BCUT2D eigenvalue weighted by atomic mass is 9.94. The zero-order chi connectivity index (χ0) is 23.3. The van der Waals surface area contributed by atoms with Crippen molar-refractivity contribution in [3.05, 3.63) is 65.7 Å². The summed E-state index contributed by atoms with van der Waals surface area (Å²) in [7, 11) is -3.76. The van der Waals surface area contributed by atoms with Crippen molar-refractivity contribution < 1.29 is 27.5 Å². The molecule has 1 aliphatic heterocycles. The molecule has 1 aliphatic rings. The van der Waals surface area contributed by atoms with Crippen LogP contribution < -0.4 is 5.32 Å². The van der Waals surface area contributed by atoms with E-state index < -0.39 is 34.4 Å². The van der Waals surface area contributed by atoms with Gasteiger partial charge in [0.05, 0.1) is 10.5 Å². The summed E-state index contributed by atoms with van der Waals surface area (Å²) in [6.07, 6.45) is 0.966. The second-order valence-corrected chi connectivity index (χ2v) is 10.1. The van der Waals surface area contributed by atoms with E-state index in [1.54, 1.807) is 30.3 Å². The highest BCUT2D eigenvalue weighted by molar-refractivity contribution is 7.89. The van der Waals surface area contributed by atoms with Crippen LogP contribution >= 0.6 is 0 Å². The van der Waals surface area contributed by atoms with E-state index in [-0.39, 0.29) is 22.3 Å². The number of benzene rings is 2. The fraction of sp³-hybridized carbons (Fsp3) is 0.348. The Balaban J connectivity index is 1.62. The predicted octanol–water partition coefficient (Wildman–Crippen LogP) is 2.47. The van der Waals surface area contributed by atoms with Crippen LogP contribution in [0.15, 0.2) is 59.5 Å². The number of ether oxygens (including phenoxy) is 1. The van der Waals surface area contributed by atoms with E-state index >= 15 is 0 Å². The summed E-state index contributed by atoms with van der Waals surface area (Å²) in [4.78, 5) is 36.3. The van der Waals surface area contributed by atoms with Gasteiger partial charge in [0.1, 0.15) is 0 Å². The Bertz CT molecular complexity index is 1090. The van der Waals surface area contributed by atoms with Gasteiger partial charge in [0.2, 0.25) is 10.0 Å². The Morgan fingerprint density at radius 3 is 2.25 bits per heavy atom. The molecule has 32 heavy (non-hydrogen) atoms. The number of esters is 1. The second-order valence-electron chi connectivity index (χ2n) is 8.12. The summed E-state index contributed by atoms with van der Waals surface area (Å²) >= 11 is 0. The van der Waals surface area contributed by atoms with Crippen molar-refractivity contribution in [2.24, 2.45) is 11.8 Å². The molecule has 1 fully saturated rings. The lowest BCUT2D eigenvalue weighted by Crippen LogP contribution is -2.42. The largest absolute Gasteiger partial charge is 0.452 e. The van der Waals surface area contributed by atoms with E-state index in [2.05, 4.69) is 5.32 Å². The van der Waals surface area contributed by atoms with Crippen LogP contribution in [0.3, 0.4) is 0 Å². The number of piperidine rings is 1.